The van der Waals surface area contributed by atoms with Gasteiger partial charge in [0, 0.05) is 17.2 Å². The van der Waals surface area contributed by atoms with Gasteiger partial charge in [-0.1, -0.05) is 60.3 Å². The molecule has 0 saturated carbocycles. The van der Waals surface area contributed by atoms with Crippen molar-refractivity contribution in [2.24, 2.45) is 10.8 Å². The zero-order valence-electron chi connectivity index (χ0n) is 20.0. The molecule has 0 aromatic heterocycles. The molecule has 0 aromatic rings. The predicted molar refractivity (Wildman–Crippen MR) is 118 cm³/mol. The number of carbonyl (C=O) groups is 3. The first kappa shape index (κ1) is 31.3. The predicted octanol–water partition coefficient (Wildman–Crippen LogP) is 5.64. The van der Waals surface area contributed by atoms with Gasteiger partial charge < -0.3 is 14.9 Å². The summed E-state index contributed by atoms with van der Waals surface area (Å²) >= 11 is 0. The second-order valence-corrected chi connectivity index (χ2v) is 9.82. The summed E-state index contributed by atoms with van der Waals surface area (Å²) in [5.41, 5.74) is 0.374. The number of hydrogen-bond acceptors (Lipinski definition) is 4. The van der Waals surface area contributed by atoms with E-state index in [9.17, 15) is 14.4 Å². The van der Waals surface area contributed by atoms with Gasteiger partial charge in [-0.25, -0.2) is 14.4 Å². The quantitative estimate of drug-likeness (QED) is 0.459. The van der Waals surface area contributed by atoms with Gasteiger partial charge in [0.25, 0.3) is 0 Å². The molecule has 0 unspecified atom stereocenters. The van der Waals surface area contributed by atoms with E-state index in [-0.39, 0.29) is 16.8 Å². The number of carbonyl (C=O) groups excluding carboxylic acids is 1. The van der Waals surface area contributed by atoms with Crippen LogP contribution in [0.25, 0.3) is 0 Å². The van der Waals surface area contributed by atoms with Crippen LogP contribution >= 0.6 is 0 Å². The fourth-order valence-corrected chi connectivity index (χ4v) is 1.40. The molecule has 0 aromatic carbocycles. The molecule has 0 saturated heterocycles. The van der Waals surface area contributed by atoms with Crippen LogP contribution in [-0.4, -0.2) is 33.7 Å². The maximum atomic E-state index is 10.8. The number of hydrogen-bond donors (Lipinski definition) is 2. The SMILES string of the molecule is C=C(C)C(=O)OC(C)(C)C.CC(=CC(C)(C)C)C(=O)O.CC(C)(C)C=CC(=O)O. The normalized spacial score (nSPS) is 12.2. The Morgan fingerprint density at radius 1 is 0.828 bits per heavy atom. The van der Waals surface area contributed by atoms with E-state index in [0.717, 1.165) is 0 Å². The van der Waals surface area contributed by atoms with E-state index >= 15 is 0 Å². The third kappa shape index (κ3) is 30.6. The lowest BCUT2D eigenvalue weighted by atomic mass is 9.94. The molecule has 0 bridgehead atoms. The molecule has 6 nitrogen and oxygen atoms in total. The first-order chi connectivity index (χ1) is 12.6. The van der Waals surface area contributed by atoms with Crippen LogP contribution in [-0.2, 0) is 19.1 Å². The van der Waals surface area contributed by atoms with Crippen molar-refractivity contribution in [1.82, 2.24) is 0 Å². The fourth-order valence-electron chi connectivity index (χ4n) is 1.40. The Bertz CT molecular complexity index is 617. The summed E-state index contributed by atoms with van der Waals surface area (Å²) in [6, 6.07) is 0. The average Bonchev–Trinajstić information content (AvgIpc) is 2.42. The van der Waals surface area contributed by atoms with E-state index in [1.165, 1.54) is 6.08 Å². The highest BCUT2D eigenvalue weighted by Gasteiger charge is 2.15. The lowest BCUT2D eigenvalue weighted by Crippen LogP contribution is -2.23. The van der Waals surface area contributed by atoms with Crippen LogP contribution in [0.15, 0.2) is 36.0 Å². The Morgan fingerprint density at radius 3 is 1.34 bits per heavy atom. The Balaban J connectivity index is -0.000000350. The molecule has 0 atom stereocenters. The molecule has 0 amide bonds. The van der Waals surface area contributed by atoms with Crippen molar-refractivity contribution in [3.8, 4) is 0 Å². The summed E-state index contributed by atoms with van der Waals surface area (Å²) in [7, 11) is 0. The molecule has 6 heteroatoms. The molecule has 0 aliphatic heterocycles. The van der Waals surface area contributed by atoms with Crippen LogP contribution in [0.5, 0.6) is 0 Å². The Morgan fingerprint density at radius 2 is 1.24 bits per heavy atom. The molecule has 0 aliphatic carbocycles. The average molecular weight is 413 g/mol. The molecule has 2 N–H and O–H groups in total. The summed E-state index contributed by atoms with van der Waals surface area (Å²) < 4.78 is 4.96. The number of carboxylic acids is 2. The first-order valence-electron chi connectivity index (χ1n) is 9.31. The number of allylic oxidation sites excluding steroid dienone is 2. The van der Waals surface area contributed by atoms with E-state index in [4.69, 9.17) is 14.9 Å². The van der Waals surface area contributed by atoms with Gasteiger partial charge in [-0.05, 0) is 45.4 Å². The van der Waals surface area contributed by atoms with Crippen LogP contribution < -0.4 is 0 Å². The van der Waals surface area contributed by atoms with Crippen molar-refractivity contribution in [2.45, 2.75) is 81.8 Å². The van der Waals surface area contributed by atoms with Crippen LogP contribution in [0.1, 0.15) is 76.2 Å². The summed E-state index contributed by atoms with van der Waals surface area (Å²) in [5, 5.41) is 16.7. The third-order valence-electron chi connectivity index (χ3n) is 2.46. The molecule has 0 heterocycles. The van der Waals surface area contributed by atoms with E-state index in [1.54, 1.807) is 26.0 Å². The highest BCUT2D eigenvalue weighted by Crippen LogP contribution is 2.17. The Hall–Kier alpha value is -2.37. The monoisotopic (exact) mass is 412 g/mol. The van der Waals surface area contributed by atoms with Crippen LogP contribution in [0.2, 0.25) is 0 Å². The smallest absolute Gasteiger partial charge is 0.333 e. The van der Waals surface area contributed by atoms with Gasteiger partial charge in [-0.15, -0.1) is 0 Å². The standard InChI is InChI=1S/2C8H14O2.C7H12O2/c1-6(7(9)10)5-8(2,3)4;1-6(2)7(9)10-8(3,4)5;1-7(2,3)5-4-6(8)9/h5H,1-4H3,(H,9,10);1H2,2-5H3;4-5H,1-3H3,(H,8,9). The largest absolute Gasteiger partial charge is 0.478 e. The minimum Gasteiger partial charge on any atom is -0.478 e. The van der Waals surface area contributed by atoms with Crippen LogP contribution in [0.3, 0.4) is 0 Å². The second kappa shape index (κ2) is 13.0. The number of aliphatic carboxylic acids is 2. The zero-order valence-corrected chi connectivity index (χ0v) is 20.0. The fraction of sp³-hybridized carbons (Fsp3) is 0.609. The van der Waals surface area contributed by atoms with Crippen molar-refractivity contribution < 1.29 is 29.3 Å². The summed E-state index contributed by atoms with van der Waals surface area (Å²) in [6.45, 7) is 24.0. The molecular formula is C23H40O6. The molecule has 0 fully saturated rings. The highest BCUT2D eigenvalue weighted by atomic mass is 16.6. The van der Waals surface area contributed by atoms with Gasteiger partial charge in [-0.3, -0.25) is 0 Å². The van der Waals surface area contributed by atoms with Crippen LogP contribution in [0, 0.1) is 10.8 Å². The molecule has 0 aliphatic rings. The third-order valence-corrected chi connectivity index (χ3v) is 2.46. The van der Waals surface area contributed by atoms with E-state index in [1.807, 2.05) is 62.3 Å². The van der Waals surface area contributed by atoms with Gasteiger partial charge in [0.15, 0.2) is 0 Å². The number of ether oxygens (including phenoxy) is 1. The second-order valence-electron chi connectivity index (χ2n) is 9.82. The summed E-state index contributed by atoms with van der Waals surface area (Å²) in [5.74, 6) is -2.05. The topological polar surface area (TPSA) is 101 Å². The molecule has 0 radical (unpaired) electrons. The molecule has 0 rings (SSSR count). The molecule has 0 spiro atoms. The lowest BCUT2D eigenvalue weighted by molar-refractivity contribution is -0.149. The molecule has 29 heavy (non-hydrogen) atoms. The summed E-state index contributed by atoms with van der Waals surface area (Å²) in [6.07, 6.45) is 4.57. The van der Waals surface area contributed by atoms with Gasteiger partial charge in [0.05, 0.1) is 0 Å². The van der Waals surface area contributed by atoms with Gasteiger partial charge in [-0.2, -0.15) is 0 Å². The Kier molecular flexibility index (Phi) is 14.0. The van der Waals surface area contributed by atoms with Crippen LogP contribution in [0.4, 0.5) is 0 Å². The van der Waals surface area contributed by atoms with Gasteiger partial charge in [0.1, 0.15) is 5.60 Å². The van der Waals surface area contributed by atoms with Crippen molar-refractivity contribution in [3.63, 3.8) is 0 Å². The zero-order chi connectivity index (χ0) is 24.2. The minimum atomic E-state index is -0.884. The van der Waals surface area contributed by atoms with Crippen molar-refractivity contribution in [1.29, 1.82) is 0 Å². The Labute approximate surface area is 176 Å². The summed E-state index contributed by atoms with van der Waals surface area (Å²) in [4.78, 5) is 31.1. The maximum Gasteiger partial charge on any atom is 0.333 e. The molecular weight excluding hydrogens is 372 g/mol. The van der Waals surface area contributed by atoms with Crippen molar-refractivity contribution >= 4 is 17.9 Å². The van der Waals surface area contributed by atoms with Gasteiger partial charge in [0.2, 0.25) is 0 Å². The van der Waals surface area contributed by atoms with Crippen molar-refractivity contribution in [3.05, 3.63) is 36.0 Å². The van der Waals surface area contributed by atoms with E-state index in [2.05, 4.69) is 6.58 Å². The first-order valence-corrected chi connectivity index (χ1v) is 9.31. The highest BCUT2D eigenvalue weighted by molar-refractivity contribution is 5.87. The van der Waals surface area contributed by atoms with E-state index in [0.29, 0.717) is 11.1 Å². The number of rotatable bonds is 3. The lowest BCUT2D eigenvalue weighted by Gasteiger charge is -2.19. The molecule has 168 valence electrons. The van der Waals surface area contributed by atoms with Crippen molar-refractivity contribution in [2.75, 3.05) is 0 Å². The number of carboxylic acid groups (broad SMARTS) is 2. The number of esters is 1. The van der Waals surface area contributed by atoms with Gasteiger partial charge >= 0.3 is 17.9 Å². The minimum absolute atomic E-state index is 0.0294. The van der Waals surface area contributed by atoms with E-state index < -0.39 is 17.5 Å². The maximum absolute atomic E-state index is 10.8.